The van der Waals surface area contributed by atoms with Crippen LogP contribution in [0.2, 0.25) is 0 Å². The van der Waals surface area contributed by atoms with Crippen molar-refractivity contribution in [2.45, 2.75) is 32.3 Å². The normalized spacial score (nSPS) is 11.8. The van der Waals surface area contributed by atoms with E-state index < -0.39 is 6.23 Å². The zero-order valence-corrected chi connectivity index (χ0v) is 19.4. The zero-order valence-electron chi connectivity index (χ0n) is 19.4. The molecule has 0 aliphatic rings. The van der Waals surface area contributed by atoms with Gasteiger partial charge in [-0.15, -0.1) is 0 Å². The highest BCUT2D eigenvalue weighted by Crippen LogP contribution is 2.21. The molecule has 0 heterocycles. The van der Waals surface area contributed by atoms with Crippen LogP contribution < -0.4 is 9.47 Å². The molecule has 33 heavy (non-hydrogen) atoms. The Kier molecular flexibility index (Phi) is 9.30. The van der Waals surface area contributed by atoms with E-state index in [1.807, 2.05) is 78.9 Å². The maximum absolute atomic E-state index is 12.2. The summed E-state index contributed by atoms with van der Waals surface area (Å²) in [5.74, 6) is 1.28. The number of hydrogen-bond donors (Lipinski definition) is 0. The first-order valence-electron chi connectivity index (χ1n) is 10.8. The number of carbonyl (C=O) groups excluding carboxylic acids is 1. The van der Waals surface area contributed by atoms with Gasteiger partial charge in [-0.3, -0.25) is 9.69 Å². The van der Waals surface area contributed by atoms with E-state index in [1.54, 1.807) is 14.2 Å². The highest BCUT2D eigenvalue weighted by molar-refractivity contribution is 5.69. The van der Waals surface area contributed by atoms with Crippen molar-refractivity contribution in [3.63, 3.8) is 0 Å². The molecular formula is C27H31NO5. The Balaban J connectivity index is 1.84. The number of nitrogens with zero attached hydrogens (tertiary/aromatic N) is 1. The second kappa shape index (κ2) is 12.6. The lowest BCUT2D eigenvalue weighted by Gasteiger charge is -2.31. The number of carbonyl (C=O) groups is 1. The van der Waals surface area contributed by atoms with E-state index >= 15 is 0 Å². The highest BCUT2D eigenvalue weighted by Gasteiger charge is 2.24. The molecule has 0 N–H and O–H groups in total. The standard InChI is InChI=1S/C27H31NO5/c1-30-24-13-9-21(10-14-24)18-28(19-22-11-15-25(31-2)16-12-22)26(17-27(29)32-3)33-20-23-7-5-4-6-8-23/h4-16,26H,17-20H2,1-3H3/t26-/m1/s1. The van der Waals surface area contributed by atoms with Crippen LogP contribution >= 0.6 is 0 Å². The maximum Gasteiger partial charge on any atom is 0.309 e. The van der Waals surface area contributed by atoms with Gasteiger partial charge >= 0.3 is 5.97 Å². The molecule has 0 aliphatic heterocycles. The minimum Gasteiger partial charge on any atom is -0.497 e. The lowest BCUT2D eigenvalue weighted by Crippen LogP contribution is -2.38. The fraction of sp³-hybridized carbons (Fsp3) is 0.296. The fourth-order valence-corrected chi connectivity index (χ4v) is 3.48. The van der Waals surface area contributed by atoms with Crippen LogP contribution in [0.15, 0.2) is 78.9 Å². The van der Waals surface area contributed by atoms with Gasteiger partial charge in [-0.05, 0) is 41.0 Å². The molecule has 0 unspecified atom stereocenters. The minimum absolute atomic E-state index is 0.121. The summed E-state index contributed by atoms with van der Waals surface area (Å²) in [7, 11) is 4.69. The minimum atomic E-state index is -0.471. The quantitative estimate of drug-likeness (QED) is 0.292. The number of ether oxygens (including phenoxy) is 4. The Labute approximate surface area is 195 Å². The number of rotatable bonds is 12. The lowest BCUT2D eigenvalue weighted by molar-refractivity contribution is -0.151. The van der Waals surface area contributed by atoms with Gasteiger partial charge in [0.05, 0.1) is 34.4 Å². The van der Waals surface area contributed by atoms with Crippen molar-refractivity contribution in [1.29, 1.82) is 0 Å². The number of hydrogen-bond acceptors (Lipinski definition) is 6. The highest BCUT2D eigenvalue weighted by atomic mass is 16.5. The summed E-state index contributed by atoms with van der Waals surface area (Å²) in [4.78, 5) is 14.4. The van der Waals surface area contributed by atoms with Gasteiger partial charge in [0.25, 0.3) is 0 Å². The molecule has 3 rings (SSSR count). The molecule has 6 heteroatoms. The van der Waals surface area contributed by atoms with E-state index in [1.165, 1.54) is 7.11 Å². The van der Waals surface area contributed by atoms with Gasteiger partial charge in [-0.25, -0.2) is 0 Å². The van der Waals surface area contributed by atoms with Gasteiger partial charge in [0.15, 0.2) is 0 Å². The first-order valence-corrected chi connectivity index (χ1v) is 10.8. The van der Waals surface area contributed by atoms with E-state index in [0.717, 1.165) is 28.2 Å². The summed E-state index contributed by atoms with van der Waals surface area (Å²) in [6, 6.07) is 25.7. The van der Waals surface area contributed by atoms with Gasteiger partial charge in [0, 0.05) is 13.1 Å². The van der Waals surface area contributed by atoms with E-state index in [0.29, 0.717) is 19.7 Å². The van der Waals surface area contributed by atoms with Crippen molar-refractivity contribution in [3.8, 4) is 11.5 Å². The second-order valence-corrected chi connectivity index (χ2v) is 7.63. The van der Waals surface area contributed by atoms with E-state index in [9.17, 15) is 4.79 Å². The molecule has 6 nitrogen and oxygen atoms in total. The van der Waals surface area contributed by atoms with Crippen LogP contribution in [0.25, 0.3) is 0 Å². The third-order valence-electron chi connectivity index (χ3n) is 5.35. The molecule has 0 amide bonds. The van der Waals surface area contributed by atoms with Crippen LogP contribution in [0.4, 0.5) is 0 Å². The molecule has 1 atom stereocenters. The van der Waals surface area contributed by atoms with Gasteiger partial charge in [-0.2, -0.15) is 0 Å². The molecule has 0 aliphatic carbocycles. The topological polar surface area (TPSA) is 57.2 Å². The Bertz CT molecular complexity index is 924. The lowest BCUT2D eigenvalue weighted by atomic mass is 10.1. The van der Waals surface area contributed by atoms with Gasteiger partial charge in [-0.1, -0.05) is 54.6 Å². The Hall–Kier alpha value is -3.35. The average Bonchev–Trinajstić information content (AvgIpc) is 2.87. The molecule has 3 aromatic rings. The van der Waals surface area contributed by atoms with Gasteiger partial charge in [0.2, 0.25) is 0 Å². The largest absolute Gasteiger partial charge is 0.497 e. The van der Waals surface area contributed by atoms with E-state index in [2.05, 4.69) is 4.90 Å². The number of benzene rings is 3. The predicted octanol–water partition coefficient (Wildman–Crippen LogP) is 4.81. The predicted molar refractivity (Wildman–Crippen MR) is 127 cm³/mol. The Morgan fingerprint density at radius 3 is 1.70 bits per heavy atom. The van der Waals surface area contributed by atoms with Crippen LogP contribution in [0.3, 0.4) is 0 Å². The molecule has 0 aromatic heterocycles. The molecule has 0 saturated carbocycles. The third kappa shape index (κ3) is 7.63. The van der Waals surface area contributed by atoms with Crippen molar-refractivity contribution in [2.75, 3.05) is 21.3 Å². The molecule has 0 saturated heterocycles. The maximum atomic E-state index is 12.2. The van der Waals surface area contributed by atoms with E-state index in [4.69, 9.17) is 18.9 Å². The smallest absolute Gasteiger partial charge is 0.309 e. The van der Waals surface area contributed by atoms with Crippen molar-refractivity contribution >= 4 is 5.97 Å². The zero-order chi connectivity index (χ0) is 23.5. The number of methoxy groups -OCH3 is 3. The van der Waals surface area contributed by atoms with Gasteiger partial charge in [0.1, 0.15) is 17.7 Å². The first kappa shape index (κ1) is 24.3. The first-order chi connectivity index (χ1) is 16.1. The summed E-state index contributed by atoms with van der Waals surface area (Å²) in [6.07, 6.45) is -0.350. The molecule has 0 radical (unpaired) electrons. The summed E-state index contributed by atoms with van der Waals surface area (Å²) < 4.78 is 21.8. The summed E-state index contributed by atoms with van der Waals surface area (Å²) in [5.41, 5.74) is 3.21. The van der Waals surface area contributed by atoms with Gasteiger partial charge < -0.3 is 18.9 Å². The summed E-state index contributed by atoms with van der Waals surface area (Å²) in [5, 5.41) is 0. The van der Waals surface area contributed by atoms with Crippen LogP contribution in [0, 0.1) is 0 Å². The fourth-order valence-electron chi connectivity index (χ4n) is 3.48. The SMILES string of the molecule is COC(=O)C[C@@H](OCc1ccccc1)N(Cc1ccc(OC)cc1)Cc1ccc(OC)cc1. The van der Waals surface area contributed by atoms with Crippen LogP contribution in [0.5, 0.6) is 11.5 Å². The summed E-state index contributed by atoms with van der Waals surface area (Å²) >= 11 is 0. The van der Waals surface area contributed by atoms with E-state index in [-0.39, 0.29) is 12.4 Å². The molecular weight excluding hydrogens is 418 g/mol. The van der Waals surface area contributed by atoms with Crippen molar-refractivity contribution in [3.05, 3.63) is 95.6 Å². The third-order valence-corrected chi connectivity index (χ3v) is 5.35. The average molecular weight is 450 g/mol. The second-order valence-electron chi connectivity index (χ2n) is 7.63. The van der Waals surface area contributed by atoms with Crippen molar-refractivity contribution < 1.29 is 23.7 Å². The number of esters is 1. The van der Waals surface area contributed by atoms with Crippen LogP contribution in [0.1, 0.15) is 23.1 Å². The molecule has 0 fully saturated rings. The van der Waals surface area contributed by atoms with Crippen LogP contribution in [-0.4, -0.2) is 38.4 Å². The molecule has 0 spiro atoms. The van der Waals surface area contributed by atoms with Crippen molar-refractivity contribution in [1.82, 2.24) is 4.90 Å². The molecule has 174 valence electrons. The molecule has 0 bridgehead atoms. The Morgan fingerprint density at radius 2 is 1.24 bits per heavy atom. The van der Waals surface area contributed by atoms with Crippen molar-refractivity contribution in [2.24, 2.45) is 0 Å². The monoisotopic (exact) mass is 449 g/mol. The summed E-state index contributed by atoms with van der Waals surface area (Å²) in [6.45, 7) is 1.57. The Morgan fingerprint density at radius 1 is 0.727 bits per heavy atom. The molecule has 3 aromatic carbocycles. The van der Waals surface area contributed by atoms with Crippen LogP contribution in [-0.2, 0) is 34.0 Å².